The minimum absolute atomic E-state index is 0.484. The summed E-state index contributed by atoms with van der Waals surface area (Å²) in [4.78, 5) is 21.6. The summed E-state index contributed by atoms with van der Waals surface area (Å²) in [6.45, 7) is 1.77. The molecule has 0 aromatic heterocycles. The molecule has 0 aromatic carbocycles. The lowest BCUT2D eigenvalue weighted by Crippen LogP contribution is -2.49. The molecule has 2 N–H and O–H groups in total. The average Bonchev–Trinajstić information content (AvgIpc) is 2.17. The number of ether oxygens (including phenoxy) is 2. The minimum atomic E-state index is -1.15. The van der Waals surface area contributed by atoms with Gasteiger partial charge in [0.25, 0.3) is 0 Å². The zero-order valence-corrected chi connectivity index (χ0v) is 8.44. The fraction of sp³-hybridized carbons (Fsp3) is 0.750. The largest absolute Gasteiger partial charge is 0.480 e. The van der Waals surface area contributed by atoms with Crippen molar-refractivity contribution >= 4 is 12.1 Å². The van der Waals surface area contributed by atoms with Crippen LogP contribution in [0, 0.1) is 0 Å². The number of carbonyl (C=O) groups excluding carboxylic acids is 1. The molecular weight excluding hydrogens is 190 g/mol. The summed E-state index contributed by atoms with van der Waals surface area (Å²) >= 11 is 0. The molecule has 0 bridgehead atoms. The van der Waals surface area contributed by atoms with E-state index in [1.807, 2.05) is 0 Å². The van der Waals surface area contributed by atoms with Crippen molar-refractivity contribution in [2.75, 3.05) is 14.2 Å². The van der Waals surface area contributed by atoms with E-state index in [1.165, 1.54) is 14.2 Å². The third-order valence-corrected chi connectivity index (χ3v) is 1.80. The van der Waals surface area contributed by atoms with Gasteiger partial charge >= 0.3 is 12.1 Å². The van der Waals surface area contributed by atoms with Gasteiger partial charge in [0.05, 0.1) is 13.2 Å². The third-order valence-electron chi connectivity index (χ3n) is 1.80. The lowest BCUT2D eigenvalue weighted by Gasteiger charge is -2.21. The Morgan fingerprint density at radius 1 is 1.43 bits per heavy atom. The quantitative estimate of drug-likeness (QED) is 0.670. The summed E-state index contributed by atoms with van der Waals surface area (Å²) in [5, 5.41) is 11.0. The van der Waals surface area contributed by atoms with Gasteiger partial charge in [-0.3, -0.25) is 0 Å². The fourth-order valence-electron chi connectivity index (χ4n) is 1.04. The first-order valence-electron chi connectivity index (χ1n) is 4.16. The Bertz CT molecular complexity index is 202. The number of hydrogen-bond acceptors (Lipinski definition) is 4. The van der Waals surface area contributed by atoms with Crippen LogP contribution in [0.15, 0.2) is 0 Å². The fourth-order valence-corrected chi connectivity index (χ4v) is 1.04. The van der Waals surface area contributed by atoms with Gasteiger partial charge in [-0.05, 0) is 6.42 Å². The molecule has 0 aromatic rings. The second kappa shape index (κ2) is 6.20. The molecule has 1 amide bonds. The highest BCUT2D eigenvalue weighted by atomic mass is 16.5. The van der Waals surface area contributed by atoms with Crippen LogP contribution in [0.2, 0.25) is 0 Å². The highest BCUT2D eigenvalue weighted by molar-refractivity contribution is 5.80. The van der Waals surface area contributed by atoms with Crippen LogP contribution >= 0.6 is 0 Å². The van der Waals surface area contributed by atoms with Crippen LogP contribution in [-0.4, -0.2) is 43.5 Å². The van der Waals surface area contributed by atoms with Crippen LogP contribution in [0.1, 0.15) is 13.3 Å². The van der Waals surface area contributed by atoms with Gasteiger partial charge < -0.3 is 19.9 Å². The second-order valence-electron chi connectivity index (χ2n) is 2.63. The van der Waals surface area contributed by atoms with Gasteiger partial charge in [-0.2, -0.15) is 0 Å². The Morgan fingerprint density at radius 2 is 2.00 bits per heavy atom. The van der Waals surface area contributed by atoms with Crippen LogP contribution in [0.3, 0.4) is 0 Å². The highest BCUT2D eigenvalue weighted by Gasteiger charge is 2.28. The van der Waals surface area contributed by atoms with E-state index in [0.29, 0.717) is 6.42 Å². The number of rotatable bonds is 5. The lowest BCUT2D eigenvalue weighted by molar-refractivity contribution is -0.143. The van der Waals surface area contributed by atoms with Gasteiger partial charge in [-0.15, -0.1) is 0 Å². The molecule has 0 aliphatic heterocycles. The number of aliphatic carboxylic acids is 1. The van der Waals surface area contributed by atoms with E-state index in [4.69, 9.17) is 9.84 Å². The van der Waals surface area contributed by atoms with Crippen LogP contribution in [0.5, 0.6) is 0 Å². The smallest absolute Gasteiger partial charge is 0.407 e. The molecule has 82 valence electrons. The predicted molar refractivity (Wildman–Crippen MR) is 48.1 cm³/mol. The lowest BCUT2D eigenvalue weighted by atomic mass is 10.1. The van der Waals surface area contributed by atoms with Crippen molar-refractivity contribution in [2.24, 2.45) is 0 Å². The zero-order valence-electron chi connectivity index (χ0n) is 8.44. The van der Waals surface area contributed by atoms with Crippen molar-refractivity contribution in [3.8, 4) is 0 Å². The molecular formula is C8H15NO5. The Morgan fingerprint density at radius 3 is 2.29 bits per heavy atom. The van der Waals surface area contributed by atoms with Crippen molar-refractivity contribution < 1.29 is 24.2 Å². The summed E-state index contributed by atoms with van der Waals surface area (Å²) in [5.41, 5.74) is 0. The third kappa shape index (κ3) is 3.61. The van der Waals surface area contributed by atoms with Gasteiger partial charge in [0.2, 0.25) is 0 Å². The maximum atomic E-state index is 10.8. The Hall–Kier alpha value is -1.30. The summed E-state index contributed by atoms with van der Waals surface area (Å²) in [7, 11) is 2.56. The first kappa shape index (κ1) is 12.7. The van der Waals surface area contributed by atoms with Gasteiger partial charge in [0, 0.05) is 7.11 Å². The molecule has 0 aliphatic carbocycles. The molecule has 0 spiro atoms. The normalized spacial score (nSPS) is 14.2. The maximum absolute atomic E-state index is 10.8. The van der Waals surface area contributed by atoms with Gasteiger partial charge in [-0.1, -0.05) is 6.92 Å². The van der Waals surface area contributed by atoms with E-state index in [9.17, 15) is 9.59 Å². The molecule has 0 saturated heterocycles. The Labute approximate surface area is 82.2 Å². The highest BCUT2D eigenvalue weighted by Crippen LogP contribution is 2.03. The van der Waals surface area contributed by atoms with Gasteiger partial charge in [-0.25, -0.2) is 9.59 Å². The van der Waals surface area contributed by atoms with Gasteiger partial charge in [0.1, 0.15) is 0 Å². The van der Waals surface area contributed by atoms with E-state index >= 15 is 0 Å². The number of methoxy groups -OCH3 is 2. The van der Waals surface area contributed by atoms with Crippen LogP contribution < -0.4 is 5.32 Å². The number of carbonyl (C=O) groups is 2. The summed E-state index contributed by atoms with van der Waals surface area (Å²) < 4.78 is 9.22. The number of carboxylic acids is 1. The van der Waals surface area contributed by atoms with Crippen molar-refractivity contribution in [2.45, 2.75) is 25.5 Å². The second-order valence-corrected chi connectivity index (χ2v) is 2.63. The van der Waals surface area contributed by atoms with E-state index < -0.39 is 24.2 Å². The Balaban J connectivity index is 4.42. The number of amides is 1. The van der Waals surface area contributed by atoms with Gasteiger partial charge in [0.15, 0.2) is 6.04 Å². The molecule has 0 rings (SSSR count). The predicted octanol–water partition coefficient (Wildman–Crippen LogP) is 0.221. The van der Waals surface area contributed by atoms with Crippen LogP contribution in [0.25, 0.3) is 0 Å². The summed E-state index contributed by atoms with van der Waals surface area (Å²) in [6, 6.07) is -1.09. The average molecular weight is 205 g/mol. The molecule has 0 fully saturated rings. The van der Waals surface area contributed by atoms with Crippen molar-refractivity contribution in [1.82, 2.24) is 5.32 Å². The number of carboxylic acid groups (broad SMARTS) is 1. The van der Waals surface area contributed by atoms with Crippen LogP contribution in [0.4, 0.5) is 4.79 Å². The Kier molecular flexibility index (Phi) is 5.62. The number of hydrogen-bond donors (Lipinski definition) is 2. The first-order valence-corrected chi connectivity index (χ1v) is 4.16. The number of nitrogens with one attached hydrogen (secondary N) is 1. The molecule has 6 nitrogen and oxygen atoms in total. The van der Waals surface area contributed by atoms with Crippen molar-refractivity contribution in [3.05, 3.63) is 0 Å². The molecule has 6 heteroatoms. The standard InChI is InChI=1S/C8H15NO5/c1-4-5(13-2)6(7(10)11)9-8(12)14-3/h5-6H,4H2,1-3H3,(H,9,12)(H,10,11)/t5-,6+/m1/s1. The first-order chi connectivity index (χ1) is 6.56. The van der Waals surface area contributed by atoms with E-state index in [2.05, 4.69) is 10.1 Å². The van der Waals surface area contributed by atoms with E-state index in [0.717, 1.165) is 0 Å². The molecule has 0 unspecified atom stereocenters. The number of alkyl carbamates (subject to hydrolysis) is 1. The molecule has 0 saturated carbocycles. The summed E-state index contributed by atoms with van der Waals surface area (Å²) in [6.07, 6.45) is -0.864. The van der Waals surface area contributed by atoms with Crippen molar-refractivity contribution in [3.63, 3.8) is 0 Å². The molecule has 0 radical (unpaired) electrons. The molecule has 0 aliphatic rings. The molecule has 14 heavy (non-hydrogen) atoms. The van der Waals surface area contributed by atoms with E-state index in [1.54, 1.807) is 6.92 Å². The van der Waals surface area contributed by atoms with E-state index in [-0.39, 0.29) is 0 Å². The SMILES string of the molecule is CC[C@@H](OC)[C@H](NC(=O)OC)C(=O)O. The topological polar surface area (TPSA) is 84.9 Å². The zero-order chi connectivity index (χ0) is 11.1. The van der Waals surface area contributed by atoms with Crippen LogP contribution in [-0.2, 0) is 14.3 Å². The monoisotopic (exact) mass is 205 g/mol. The van der Waals surface area contributed by atoms with Crippen molar-refractivity contribution in [1.29, 1.82) is 0 Å². The maximum Gasteiger partial charge on any atom is 0.407 e. The summed E-state index contributed by atoms with van der Waals surface area (Å²) in [5.74, 6) is -1.15. The molecule has 2 atom stereocenters. The minimum Gasteiger partial charge on any atom is -0.480 e. The molecule has 0 heterocycles.